The second-order valence-electron chi connectivity index (χ2n) is 12.5. The Labute approximate surface area is 226 Å². The summed E-state index contributed by atoms with van der Waals surface area (Å²) in [5.41, 5.74) is -0.690. The van der Waals surface area contributed by atoms with E-state index in [1.807, 2.05) is 27.7 Å². The van der Waals surface area contributed by atoms with Crippen molar-refractivity contribution in [2.24, 2.45) is 17.8 Å². The number of aliphatic hydroxyl groups is 1. The van der Waals surface area contributed by atoms with Crippen LogP contribution in [-0.4, -0.2) is 52.8 Å². The molecule has 0 aliphatic rings. The van der Waals surface area contributed by atoms with Crippen molar-refractivity contribution in [2.75, 3.05) is 0 Å². The van der Waals surface area contributed by atoms with E-state index in [-0.39, 0.29) is 23.8 Å². The fourth-order valence-electron chi connectivity index (χ4n) is 4.18. The van der Waals surface area contributed by atoms with Gasteiger partial charge in [0.2, 0.25) is 11.8 Å². The Morgan fingerprint density at radius 3 is 1.73 bits per heavy atom. The van der Waals surface area contributed by atoms with Gasteiger partial charge in [0.25, 0.3) is 0 Å². The Balaban J connectivity index is 5.29. The van der Waals surface area contributed by atoms with Crippen molar-refractivity contribution in [3.05, 3.63) is 0 Å². The molecule has 0 aromatic carbocycles. The minimum absolute atomic E-state index is 0.186. The SMILES string of the molecule is CCCCCCCCC(O)[C@H](CC(C)C)NC(=O)[C@@H](NC(=O)[C@@H](NC(=O)OC(C)(C)C)C(C)C)C(C)C. The van der Waals surface area contributed by atoms with E-state index in [4.69, 9.17) is 4.74 Å². The minimum Gasteiger partial charge on any atom is -0.444 e. The van der Waals surface area contributed by atoms with Crippen LogP contribution in [0.2, 0.25) is 0 Å². The summed E-state index contributed by atoms with van der Waals surface area (Å²) < 4.78 is 5.31. The van der Waals surface area contributed by atoms with Gasteiger partial charge in [0.15, 0.2) is 0 Å². The third kappa shape index (κ3) is 15.9. The van der Waals surface area contributed by atoms with Crippen molar-refractivity contribution < 1.29 is 24.2 Å². The maximum atomic E-state index is 13.3. The molecule has 8 heteroatoms. The van der Waals surface area contributed by atoms with Gasteiger partial charge in [-0.2, -0.15) is 0 Å². The Morgan fingerprint density at radius 1 is 0.757 bits per heavy atom. The summed E-state index contributed by atoms with van der Waals surface area (Å²) in [6, 6.07) is -2.04. The third-order valence-electron chi connectivity index (χ3n) is 6.24. The normalized spacial score (nSPS) is 15.3. The molecule has 4 atom stereocenters. The zero-order chi connectivity index (χ0) is 28.8. The van der Waals surface area contributed by atoms with Gasteiger partial charge in [0, 0.05) is 0 Å². The highest BCUT2D eigenvalue weighted by molar-refractivity contribution is 5.91. The van der Waals surface area contributed by atoms with Crippen molar-refractivity contribution in [1.82, 2.24) is 16.0 Å². The Morgan fingerprint density at radius 2 is 1.24 bits per heavy atom. The predicted octanol–water partition coefficient (Wildman–Crippen LogP) is 5.32. The van der Waals surface area contributed by atoms with E-state index in [0.29, 0.717) is 18.8 Å². The molecule has 0 aromatic rings. The van der Waals surface area contributed by atoms with E-state index >= 15 is 0 Å². The van der Waals surface area contributed by atoms with Gasteiger partial charge in [-0.25, -0.2) is 4.79 Å². The second kappa shape index (κ2) is 17.6. The summed E-state index contributed by atoms with van der Waals surface area (Å²) in [6.07, 6.45) is 6.78. The van der Waals surface area contributed by atoms with Gasteiger partial charge in [-0.3, -0.25) is 9.59 Å². The second-order valence-corrected chi connectivity index (χ2v) is 12.5. The first-order valence-corrected chi connectivity index (χ1v) is 14.4. The van der Waals surface area contributed by atoms with Crippen LogP contribution < -0.4 is 16.0 Å². The maximum Gasteiger partial charge on any atom is 0.408 e. The Kier molecular flexibility index (Phi) is 16.8. The van der Waals surface area contributed by atoms with Crippen LogP contribution in [-0.2, 0) is 14.3 Å². The van der Waals surface area contributed by atoms with Crippen LogP contribution in [0.25, 0.3) is 0 Å². The van der Waals surface area contributed by atoms with E-state index in [0.717, 1.165) is 19.3 Å². The zero-order valence-corrected chi connectivity index (χ0v) is 25.3. The highest BCUT2D eigenvalue weighted by Crippen LogP contribution is 2.16. The van der Waals surface area contributed by atoms with Gasteiger partial charge in [-0.15, -0.1) is 0 Å². The number of hydrogen-bond donors (Lipinski definition) is 4. The van der Waals surface area contributed by atoms with Gasteiger partial charge in [0.1, 0.15) is 17.7 Å². The first-order valence-electron chi connectivity index (χ1n) is 14.4. The van der Waals surface area contributed by atoms with Gasteiger partial charge < -0.3 is 25.8 Å². The quantitative estimate of drug-likeness (QED) is 0.191. The predicted molar refractivity (Wildman–Crippen MR) is 150 cm³/mol. The van der Waals surface area contributed by atoms with Gasteiger partial charge in [0.05, 0.1) is 12.1 Å². The van der Waals surface area contributed by atoms with E-state index < -0.39 is 35.8 Å². The number of hydrogen-bond acceptors (Lipinski definition) is 5. The van der Waals surface area contributed by atoms with Crippen LogP contribution >= 0.6 is 0 Å². The molecule has 0 radical (unpaired) electrons. The molecule has 0 aromatic heterocycles. The van der Waals surface area contributed by atoms with Crippen molar-refractivity contribution >= 4 is 17.9 Å². The molecule has 0 aliphatic heterocycles. The fraction of sp³-hybridized carbons (Fsp3) is 0.897. The van der Waals surface area contributed by atoms with Crippen LogP contribution in [0.4, 0.5) is 4.79 Å². The molecule has 0 saturated heterocycles. The number of nitrogens with one attached hydrogen (secondary N) is 3. The molecule has 0 spiro atoms. The number of carbonyl (C=O) groups excluding carboxylic acids is 3. The van der Waals surface area contributed by atoms with E-state index in [1.165, 1.54) is 19.3 Å². The summed E-state index contributed by atoms with van der Waals surface area (Å²) in [6.45, 7) is 18.9. The maximum absolute atomic E-state index is 13.3. The molecule has 0 aliphatic carbocycles. The van der Waals surface area contributed by atoms with E-state index in [2.05, 4.69) is 36.7 Å². The standard InChI is InChI=1S/C29H57N3O5/c1-11-12-13-14-15-16-17-23(33)22(18-19(2)3)30-26(34)24(20(4)5)31-27(35)25(21(6)7)32-28(36)37-29(8,9)10/h19-25,33H,11-18H2,1-10H3,(H,30,34)(H,31,35)(H,32,36)/t22-,23?,24-,25-/m0/s1. The van der Waals surface area contributed by atoms with Gasteiger partial charge in [-0.05, 0) is 51.4 Å². The van der Waals surface area contributed by atoms with Crippen LogP contribution in [0.5, 0.6) is 0 Å². The molecule has 218 valence electrons. The number of alkyl carbamates (subject to hydrolysis) is 1. The molecule has 0 heterocycles. The molecular formula is C29H57N3O5. The molecule has 0 fully saturated rings. The highest BCUT2D eigenvalue weighted by atomic mass is 16.6. The molecule has 8 nitrogen and oxygen atoms in total. The van der Waals surface area contributed by atoms with Gasteiger partial charge >= 0.3 is 6.09 Å². The monoisotopic (exact) mass is 527 g/mol. The smallest absolute Gasteiger partial charge is 0.408 e. The van der Waals surface area contributed by atoms with E-state index in [9.17, 15) is 19.5 Å². The van der Waals surface area contributed by atoms with Gasteiger partial charge in [-0.1, -0.05) is 87.0 Å². The lowest BCUT2D eigenvalue weighted by atomic mass is 9.94. The van der Waals surface area contributed by atoms with Crippen LogP contribution in [0.15, 0.2) is 0 Å². The minimum atomic E-state index is -0.853. The summed E-state index contributed by atoms with van der Waals surface area (Å²) in [7, 11) is 0. The third-order valence-corrected chi connectivity index (χ3v) is 6.24. The Hall–Kier alpha value is -1.83. The van der Waals surface area contributed by atoms with Crippen molar-refractivity contribution in [1.29, 1.82) is 0 Å². The molecule has 1 unspecified atom stereocenters. The molecule has 0 saturated carbocycles. The van der Waals surface area contributed by atoms with Crippen molar-refractivity contribution in [3.63, 3.8) is 0 Å². The largest absolute Gasteiger partial charge is 0.444 e. The van der Waals surface area contributed by atoms with Crippen molar-refractivity contribution in [3.8, 4) is 0 Å². The molecular weight excluding hydrogens is 470 g/mol. The fourth-order valence-corrected chi connectivity index (χ4v) is 4.18. The number of carbonyl (C=O) groups is 3. The molecule has 4 N–H and O–H groups in total. The zero-order valence-electron chi connectivity index (χ0n) is 25.3. The Bertz CT molecular complexity index is 673. The molecule has 37 heavy (non-hydrogen) atoms. The van der Waals surface area contributed by atoms with Crippen LogP contribution in [0.3, 0.4) is 0 Å². The molecule has 0 rings (SSSR count). The lowest BCUT2D eigenvalue weighted by Crippen LogP contribution is -2.59. The number of amides is 3. The topological polar surface area (TPSA) is 117 Å². The summed E-state index contributed by atoms with van der Waals surface area (Å²) in [4.78, 5) is 38.8. The summed E-state index contributed by atoms with van der Waals surface area (Å²) in [5, 5.41) is 19.4. The number of rotatable bonds is 17. The van der Waals surface area contributed by atoms with E-state index in [1.54, 1.807) is 20.8 Å². The lowest BCUT2D eigenvalue weighted by Gasteiger charge is -2.31. The molecule has 3 amide bonds. The number of aliphatic hydroxyl groups excluding tert-OH is 1. The lowest BCUT2D eigenvalue weighted by molar-refractivity contribution is -0.132. The first kappa shape index (κ1) is 35.2. The average molecular weight is 528 g/mol. The van der Waals surface area contributed by atoms with Crippen molar-refractivity contribution in [2.45, 2.75) is 150 Å². The number of unbranched alkanes of at least 4 members (excludes halogenated alkanes) is 5. The number of ether oxygens (including phenoxy) is 1. The highest BCUT2D eigenvalue weighted by Gasteiger charge is 2.33. The summed E-state index contributed by atoms with van der Waals surface area (Å²) >= 11 is 0. The van der Waals surface area contributed by atoms with Crippen LogP contribution in [0, 0.1) is 17.8 Å². The average Bonchev–Trinajstić information content (AvgIpc) is 2.75. The molecule has 0 bridgehead atoms. The first-order chi connectivity index (χ1) is 17.1. The van der Waals surface area contributed by atoms with Crippen LogP contribution in [0.1, 0.15) is 121 Å². The summed E-state index contributed by atoms with van der Waals surface area (Å²) in [5.74, 6) is -0.872.